The zero-order chi connectivity index (χ0) is 19.8. The monoisotopic (exact) mass is 446 g/mol. The summed E-state index contributed by atoms with van der Waals surface area (Å²) in [7, 11) is 1.63. The molecule has 1 aromatic heterocycles. The van der Waals surface area contributed by atoms with Gasteiger partial charge in [0.25, 0.3) is 5.56 Å². The molecule has 0 amide bonds. The fourth-order valence-electron chi connectivity index (χ4n) is 3.95. The average molecular weight is 447 g/mol. The molecule has 2 atom stereocenters. The Labute approximate surface area is 171 Å². The van der Waals surface area contributed by atoms with Crippen LogP contribution in [0.4, 0.5) is 5.69 Å². The van der Waals surface area contributed by atoms with Crippen LogP contribution in [0.25, 0.3) is 0 Å². The Bertz CT molecular complexity index is 939. The summed E-state index contributed by atoms with van der Waals surface area (Å²) in [5, 5.41) is 16.7. The molecule has 1 aliphatic carbocycles. The molecule has 148 valence electrons. The van der Waals surface area contributed by atoms with Crippen LogP contribution in [0.1, 0.15) is 41.1 Å². The fourth-order valence-corrected chi connectivity index (χ4v) is 4.42. The third-order valence-electron chi connectivity index (χ3n) is 5.61. The van der Waals surface area contributed by atoms with Gasteiger partial charge in [0.05, 0.1) is 17.4 Å². The summed E-state index contributed by atoms with van der Waals surface area (Å²) in [5.74, 6) is -0.592. The quantitative estimate of drug-likeness (QED) is 0.733. The van der Waals surface area contributed by atoms with Gasteiger partial charge in [-0.2, -0.15) is 5.10 Å². The molecule has 2 heterocycles. The van der Waals surface area contributed by atoms with E-state index in [-0.39, 0.29) is 11.6 Å². The normalized spacial score (nSPS) is 22.8. The first-order valence-corrected chi connectivity index (χ1v) is 10.3. The highest BCUT2D eigenvalue weighted by atomic mass is 79.9. The van der Waals surface area contributed by atoms with Gasteiger partial charge in [0.2, 0.25) is 0 Å². The molecular weight excluding hydrogens is 424 g/mol. The van der Waals surface area contributed by atoms with Gasteiger partial charge >= 0.3 is 5.97 Å². The van der Waals surface area contributed by atoms with Crippen molar-refractivity contribution in [1.82, 2.24) is 14.7 Å². The van der Waals surface area contributed by atoms with E-state index in [9.17, 15) is 9.59 Å². The molecule has 7 nitrogen and oxygen atoms in total. The Hall–Kier alpha value is -2.19. The molecule has 28 heavy (non-hydrogen) atoms. The molecule has 1 saturated carbocycles. The van der Waals surface area contributed by atoms with E-state index in [4.69, 9.17) is 5.11 Å². The van der Waals surface area contributed by atoms with Crippen LogP contribution in [0.15, 0.2) is 39.7 Å². The first-order chi connectivity index (χ1) is 13.4. The lowest BCUT2D eigenvalue weighted by molar-refractivity contribution is 0.0697. The van der Waals surface area contributed by atoms with Crippen LogP contribution in [-0.4, -0.2) is 50.9 Å². The second kappa shape index (κ2) is 7.67. The number of rotatable bonds is 5. The maximum Gasteiger partial charge on any atom is 0.335 e. The first kappa shape index (κ1) is 19.1. The molecule has 8 heteroatoms. The Morgan fingerprint density at radius 1 is 1.25 bits per heavy atom. The van der Waals surface area contributed by atoms with Crippen molar-refractivity contribution < 1.29 is 9.90 Å². The SMILES string of the molecule is Cn1ncc(N[C@@H]2C[C@H](c3ccc(C(=O)O)cc3)CN(C3CC3)C2)c(Br)c1=O. The number of aromatic nitrogens is 2. The number of aryl methyl sites for hydroxylation is 1. The summed E-state index contributed by atoms with van der Waals surface area (Å²) < 4.78 is 1.80. The molecule has 2 fully saturated rings. The van der Waals surface area contributed by atoms with Gasteiger partial charge in [-0.1, -0.05) is 12.1 Å². The summed E-state index contributed by atoms with van der Waals surface area (Å²) in [6, 6.07) is 8.03. The summed E-state index contributed by atoms with van der Waals surface area (Å²) in [5.41, 5.74) is 2.01. The molecule has 4 rings (SSSR count). The Morgan fingerprint density at radius 3 is 2.61 bits per heavy atom. The van der Waals surface area contributed by atoms with Gasteiger partial charge in [0.1, 0.15) is 4.47 Å². The standard InChI is InChI=1S/C20H23BrN4O3/c1-24-19(26)18(21)17(9-22-24)23-15-8-14(10-25(11-15)16-6-7-16)12-2-4-13(5-3-12)20(27)28/h2-5,9,14-16,23H,6-8,10-11H2,1H3,(H,27,28)/t14-,15+/m0/s1. The zero-order valence-corrected chi connectivity index (χ0v) is 17.2. The Balaban J connectivity index is 1.55. The Kier molecular flexibility index (Phi) is 5.25. The number of carboxylic acid groups (broad SMARTS) is 1. The maximum absolute atomic E-state index is 12.1. The number of nitrogens with one attached hydrogen (secondary N) is 1. The lowest BCUT2D eigenvalue weighted by Gasteiger charge is -2.39. The molecule has 0 bridgehead atoms. The first-order valence-electron chi connectivity index (χ1n) is 9.48. The minimum atomic E-state index is -0.905. The van der Waals surface area contributed by atoms with Gasteiger partial charge < -0.3 is 10.4 Å². The van der Waals surface area contributed by atoms with Crippen molar-refractivity contribution in [3.05, 3.63) is 56.4 Å². The van der Waals surface area contributed by atoms with E-state index in [1.807, 2.05) is 12.1 Å². The predicted octanol–water partition coefficient (Wildman–Crippen LogP) is 2.67. The second-order valence-electron chi connectivity index (χ2n) is 7.69. The van der Waals surface area contributed by atoms with Crippen LogP contribution in [0.3, 0.4) is 0 Å². The van der Waals surface area contributed by atoms with Gasteiger partial charge in [0.15, 0.2) is 0 Å². The van der Waals surface area contributed by atoms with E-state index < -0.39 is 5.97 Å². The number of hydrogen-bond donors (Lipinski definition) is 2. The molecule has 1 aromatic carbocycles. The number of piperidine rings is 1. The van der Waals surface area contributed by atoms with E-state index in [1.165, 1.54) is 17.5 Å². The highest BCUT2D eigenvalue weighted by Gasteiger charge is 2.36. The molecule has 1 saturated heterocycles. The molecule has 2 aliphatic rings. The summed E-state index contributed by atoms with van der Waals surface area (Å²) in [6.07, 6.45) is 5.05. The number of carbonyl (C=O) groups is 1. The largest absolute Gasteiger partial charge is 0.478 e. The Morgan fingerprint density at radius 2 is 1.96 bits per heavy atom. The fraction of sp³-hybridized carbons (Fsp3) is 0.450. The third kappa shape index (κ3) is 3.98. The van der Waals surface area contributed by atoms with Crippen molar-refractivity contribution >= 4 is 27.6 Å². The van der Waals surface area contributed by atoms with Crippen LogP contribution >= 0.6 is 15.9 Å². The minimum Gasteiger partial charge on any atom is -0.478 e. The van der Waals surface area contributed by atoms with Crippen molar-refractivity contribution in [2.45, 2.75) is 37.3 Å². The average Bonchev–Trinajstić information content (AvgIpc) is 3.54. The van der Waals surface area contributed by atoms with Crippen LogP contribution in [0, 0.1) is 0 Å². The van der Waals surface area contributed by atoms with E-state index in [2.05, 4.69) is 31.2 Å². The van der Waals surface area contributed by atoms with Crippen molar-refractivity contribution in [3.63, 3.8) is 0 Å². The van der Waals surface area contributed by atoms with E-state index >= 15 is 0 Å². The van der Waals surface area contributed by atoms with E-state index in [0.717, 1.165) is 25.1 Å². The number of benzene rings is 1. The molecule has 2 N–H and O–H groups in total. The maximum atomic E-state index is 12.1. The molecule has 0 radical (unpaired) electrons. The van der Waals surface area contributed by atoms with Gasteiger partial charge in [0, 0.05) is 32.2 Å². The number of aromatic carboxylic acids is 1. The van der Waals surface area contributed by atoms with Gasteiger partial charge in [-0.05, 0) is 58.8 Å². The van der Waals surface area contributed by atoms with E-state index in [1.54, 1.807) is 25.4 Å². The van der Waals surface area contributed by atoms with Gasteiger partial charge in [-0.3, -0.25) is 9.69 Å². The summed E-state index contributed by atoms with van der Waals surface area (Å²) >= 11 is 3.39. The lowest BCUT2D eigenvalue weighted by atomic mass is 9.87. The number of halogens is 1. The number of likely N-dealkylation sites (tertiary alicyclic amines) is 1. The van der Waals surface area contributed by atoms with Crippen molar-refractivity contribution in [3.8, 4) is 0 Å². The molecular formula is C20H23BrN4O3. The molecule has 0 spiro atoms. The predicted molar refractivity (Wildman–Crippen MR) is 110 cm³/mol. The zero-order valence-electron chi connectivity index (χ0n) is 15.6. The van der Waals surface area contributed by atoms with E-state index in [0.29, 0.717) is 27.7 Å². The number of anilines is 1. The summed E-state index contributed by atoms with van der Waals surface area (Å²) in [6.45, 7) is 1.90. The third-order valence-corrected chi connectivity index (χ3v) is 6.38. The van der Waals surface area contributed by atoms with Crippen LogP contribution in [0.5, 0.6) is 0 Å². The van der Waals surface area contributed by atoms with Crippen LogP contribution < -0.4 is 10.9 Å². The smallest absolute Gasteiger partial charge is 0.335 e. The molecule has 0 unspecified atom stereocenters. The summed E-state index contributed by atoms with van der Waals surface area (Å²) in [4.78, 5) is 25.8. The number of carboxylic acids is 1. The van der Waals surface area contributed by atoms with Crippen molar-refractivity contribution in [1.29, 1.82) is 0 Å². The van der Waals surface area contributed by atoms with Crippen molar-refractivity contribution in [2.24, 2.45) is 7.05 Å². The topological polar surface area (TPSA) is 87.5 Å². The van der Waals surface area contributed by atoms with Crippen LogP contribution in [0.2, 0.25) is 0 Å². The van der Waals surface area contributed by atoms with Gasteiger partial charge in [-0.15, -0.1) is 0 Å². The van der Waals surface area contributed by atoms with Crippen molar-refractivity contribution in [2.75, 3.05) is 18.4 Å². The molecule has 1 aliphatic heterocycles. The second-order valence-corrected chi connectivity index (χ2v) is 8.48. The molecule has 2 aromatic rings. The van der Waals surface area contributed by atoms with Gasteiger partial charge in [-0.25, -0.2) is 9.48 Å². The highest BCUT2D eigenvalue weighted by molar-refractivity contribution is 9.10. The van der Waals surface area contributed by atoms with Crippen LogP contribution in [-0.2, 0) is 7.05 Å². The number of nitrogens with zero attached hydrogens (tertiary/aromatic N) is 3. The highest BCUT2D eigenvalue weighted by Crippen LogP contribution is 2.36. The lowest BCUT2D eigenvalue weighted by Crippen LogP contribution is -2.46. The minimum absolute atomic E-state index is 0.166. The number of hydrogen-bond acceptors (Lipinski definition) is 5.